The van der Waals surface area contributed by atoms with Crippen molar-refractivity contribution in [3.63, 3.8) is 0 Å². The molecule has 1 saturated heterocycles. The van der Waals surface area contributed by atoms with E-state index in [1.165, 1.54) is 26.0 Å². The third-order valence-electron chi connectivity index (χ3n) is 3.12. The Morgan fingerprint density at radius 1 is 1.38 bits per heavy atom. The molecule has 1 aliphatic rings. The summed E-state index contributed by atoms with van der Waals surface area (Å²) < 4.78 is 27.4. The summed E-state index contributed by atoms with van der Waals surface area (Å²) in [6.45, 7) is 3.89. The minimum absolute atomic E-state index is 0.0438. The summed E-state index contributed by atoms with van der Waals surface area (Å²) in [5.74, 6) is -0.243. The van der Waals surface area contributed by atoms with Crippen LogP contribution in [0.15, 0.2) is 18.2 Å². The molecule has 88 valence electrons. The van der Waals surface area contributed by atoms with Gasteiger partial charge in [0.25, 0.3) is 0 Å². The van der Waals surface area contributed by atoms with E-state index in [4.69, 9.17) is 0 Å². The molecular weight excluding hydrogens is 208 g/mol. The topological polar surface area (TPSA) is 12.0 Å². The van der Waals surface area contributed by atoms with Gasteiger partial charge in [-0.15, -0.1) is 0 Å². The molecular formula is C13H17F2N. The second-order valence-electron chi connectivity index (χ2n) is 4.86. The maximum absolute atomic E-state index is 13.8. The van der Waals surface area contributed by atoms with Crippen LogP contribution in [0.2, 0.25) is 0 Å². The number of nitrogens with one attached hydrogen (secondary N) is 1. The van der Waals surface area contributed by atoms with Gasteiger partial charge in [-0.2, -0.15) is 0 Å². The van der Waals surface area contributed by atoms with E-state index in [9.17, 15) is 8.78 Å². The van der Waals surface area contributed by atoms with Gasteiger partial charge < -0.3 is 5.32 Å². The molecule has 1 aliphatic heterocycles. The molecule has 1 atom stereocenters. The molecule has 1 fully saturated rings. The van der Waals surface area contributed by atoms with Crippen molar-refractivity contribution in [2.45, 2.75) is 38.4 Å². The number of benzene rings is 1. The van der Waals surface area contributed by atoms with Gasteiger partial charge in [0.15, 0.2) is 0 Å². The van der Waals surface area contributed by atoms with Crippen molar-refractivity contribution >= 4 is 0 Å². The largest absolute Gasteiger partial charge is 0.310 e. The molecule has 0 aliphatic carbocycles. The summed E-state index contributed by atoms with van der Waals surface area (Å²) in [6, 6.07) is 4.58. The fourth-order valence-electron chi connectivity index (χ4n) is 2.13. The first-order valence-corrected chi connectivity index (χ1v) is 5.71. The van der Waals surface area contributed by atoms with Crippen molar-refractivity contribution in [2.75, 3.05) is 6.54 Å². The highest BCUT2D eigenvalue weighted by atomic mass is 19.1. The van der Waals surface area contributed by atoms with E-state index in [0.29, 0.717) is 11.1 Å². The molecule has 3 heteroatoms. The van der Waals surface area contributed by atoms with Crippen LogP contribution in [0.1, 0.15) is 43.9 Å². The average Bonchev–Trinajstić information content (AvgIpc) is 2.69. The lowest BCUT2D eigenvalue weighted by Gasteiger charge is -2.18. The number of hydrogen-bond donors (Lipinski definition) is 1. The average molecular weight is 225 g/mol. The third-order valence-corrected chi connectivity index (χ3v) is 3.12. The molecule has 0 radical (unpaired) electrons. The maximum Gasteiger partial charge on any atom is 0.130 e. The van der Waals surface area contributed by atoms with Crippen LogP contribution >= 0.6 is 0 Å². The molecule has 1 nitrogen and oxygen atoms in total. The van der Waals surface area contributed by atoms with Crippen LogP contribution in [0.25, 0.3) is 0 Å². The summed E-state index contributed by atoms with van der Waals surface area (Å²) in [5.41, 5.74) is -0.278. The molecule has 1 aromatic rings. The minimum atomic E-state index is -1.42. The zero-order chi connectivity index (χ0) is 11.8. The Morgan fingerprint density at radius 2 is 2.12 bits per heavy atom. The minimum Gasteiger partial charge on any atom is -0.310 e. The van der Waals surface area contributed by atoms with E-state index in [1.54, 1.807) is 6.07 Å². The van der Waals surface area contributed by atoms with E-state index in [2.05, 4.69) is 5.32 Å². The van der Waals surface area contributed by atoms with Gasteiger partial charge in [-0.05, 0) is 50.9 Å². The predicted molar refractivity (Wildman–Crippen MR) is 60.5 cm³/mol. The van der Waals surface area contributed by atoms with Gasteiger partial charge in [-0.25, -0.2) is 8.78 Å². The Labute approximate surface area is 94.9 Å². The van der Waals surface area contributed by atoms with Gasteiger partial charge in [-0.1, -0.05) is 6.07 Å². The lowest BCUT2D eigenvalue weighted by Crippen LogP contribution is -2.16. The van der Waals surface area contributed by atoms with Crippen molar-refractivity contribution in [1.29, 1.82) is 0 Å². The van der Waals surface area contributed by atoms with Gasteiger partial charge in [0.2, 0.25) is 0 Å². The monoisotopic (exact) mass is 225 g/mol. The highest BCUT2D eigenvalue weighted by Crippen LogP contribution is 2.31. The third kappa shape index (κ3) is 2.24. The van der Waals surface area contributed by atoms with Crippen molar-refractivity contribution in [3.8, 4) is 0 Å². The zero-order valence-electron chi connectivity index (χ0n) is 9.69. The van der Waals surface area contributed by atoms with E-state index in [1.807, 2.05) is 0 Å². The van der Waals surface area contributed by atoms with Gasteiger partial charge in [-0.3, -0.25) is 0 Å². The molecule has 1 aromatic carbocycles. The first-order valence-electron chi connectivity index (χ1n) is 5.71. The van der Waals surface area contributed by atoms with Gasteiger partial charge >= 0.3 is 0 Å². The van der Waals surface area contributed by atoms with E-state index >= 15 is 0 Å². The Kier molecular flexibility index (Phi) is 2.98. The Balaban J connectivity index is 2.36. The number of hydrogen-bond acceptors (Lipinski definition) is 1. The van der Waals surface area contributed by atoms with E-state index in [0.717, 1.165) is 19.4 Å². The molecule has 16 heavy (non-hydrogen) atoms. The van der Waals surface area contributed by atoms with Crippen LogP contribution in [-0.4, -0.2) is 6.54 Å². The lowest BCUT2D eigenvalue weighted by atomic mass is 9.95. The molecule has 0 bridgehead atoms. The van der Waals surface area contributed by atoms with Crippen LogP contribution in [-0.2, 0) is 5.67 Å². The molecule has 0 aromatic heterocycles. The number of alkyl halides is 1. The summed E-state index contributed by atoms with van der Waals surface area (Å²) in [6.07, 6.45) is 1.97. The molecule has 1 heterocycles. The number of rotatable bonds is 2. The van der Waals surface area contributed by atoms with Gasteiger partial charge in [0.05, 0.1) is 0 Å². The van der Waals surface area contributed by atoms with Gasteiger partial charge in [0.1, 0.15) is 11.5 Å². The normalized spacial score (nSPS) is 21.4. The fourth-order valence-corrected chi connectivity index (χ4v) is 2.13. The quantitative estimate of drug-likeness (QED) is 0.812. The van der Waals surface area contributed by atoms with Crippen LogP contribution in [0, 0.1) is 5.82 Å². The molecule has 0 amide bonds. The zero-order valence-corrected chi connectivity index (χ0v) is 9.69. The molecule has 1 unspecified atom stereocenters. The SMILES string of the molecule is CC(C)(F)c1ccc(F)c(C2CCCN2)c1. The Hall–Kier alpha value is -0.960. The van der Waals surface area contributed by atoms with Crippen molar-refractivity contribution in [3.05, 3.63) is 35.1 Å². The summed E-state index contributed by atoms with van der Waals surface area (Å²) in [4.78, 5) is 0. The van der Waals surface area contributed by atoms with Crippen molar-refractivity contribution in [1.82, 2.24) is 5.32 Å². The second-order valence-corrected chi connectivity index (χ2v) is 4.86. The summed E-state index contributed by atoms with van der Waals surface area (Å²) in [5, 5.41) is 3.23. The molecule has 0 spiro atoms. The van der Waals surface area contributed by atoms with Crippen LogP contribution < -0.4 is 5.32 Å². The Bertz CT molecular complexity index is 376. The van der Waals surface area contributed by atoms with Crippen molar-refractivity contribution in [2.24, 2.45) is 0 Å². The molecule has 2 rings (SSSR count). The van der Waals surface area contributed by atoms with Crippen LogP contribution in [0.4, 0.5) is 8.78 Å². The predicted octanol–water partition coefficient (Wildman–Crippen LogP) is 3.45. The standard InChI is InChI=1S/C13H17F2N/c1-13(2,15)9-5-6-11(14)10(8-9)12-4-3-7-16-12/h5-6,8,12,16H,3-4,7H2,1-2H3. The van der Waals surface area contributed by atoms with Crippen LogP contribution in [0.3, 0.4) is 0 Å². The first-order chi connectivity index (χ1) is 7.48. The lowest BCUT2D eigenvalue weighted by molar-refractivity contribution is 0.221. The summed E-state index contributed by atoms with van der Waals surface area (Å²) >= 11 is 0. The smallest absolute Gasteiger partial charge is 0.130 e. The van der Waals surface area contributed by atoms with Crippen LogP contribution in [0.5, 0.6) is 0 Å². The highest BCUT2D eigenvalue weighted by Gasteiger charge is 2.24. The second kappa shape index (κ2) is 4.13. The van der Waals surface area contributed by atoms with E-state index in [-0.39, 0.29) is 11.9 Å². The molecule has 1 N–H and O–H groups in total. The highest BCUT2D eigenvalue weighted by molar-refractivity contribution is 5.31. The van der Waals surface area contributed by atoms with Crippen molar-refractivity contribution < 1.29 is 8.78 Å². The first kappa shape index (κ1) is 11.5. The van der Waals surface area contributed by atoms with Gasteiger partial charge in [0, 0.05) is 11.6 Å². The molecule has 0 saturated carbocycles. The maximum atomic E-state index is 13.8. The number of halogens is 2. The fraction of sp³-hybridized carbons (Fsp3) is 0.538. The van der Waals surface area contributed by atoms with E-state index < -0.39 is 5.67 Å². The summed E-state index contributed by atoms with van der Waals surface area (Å²) in [7, 11) is 0. The Morgan fingerprint density at radius 3 is 2.69 bits per heavy atom.